The van der Waals surface area contributed by atoms with E-state index in [4.69, 9.17) is 0 Å². The van der Waals surface area contributed by atoms with E-state index in [1.165, 1.54) is 0 Å². The van der Waals surface area contributed by atoms with Crippen LogP contribution in [-0.2, 0) is 9.59 Å². The minimum absolute atomic E-state index is 0.0267. The van der Waals surface area contributed by atoms with Crippen LogP contribution in [0, 0.1) is 0 Å². The Morgan fingerprint density at radius 1 is 1.47 bits per heavy atom. The molecule has 1 heterocycles. The first-order valence-corrected chi connectivity index (χ1v) is 5.75. The summed E-state index contributed by atoms with van der Waals surface area (Å²) in [5.41, 5.74) is 0. The standard InChI is InChI=1S/C11H20N2O2/c1-3-8(10(14)4-2)13-11(15)9-6-5-7-12-9/h8-9,12H,3-7H2,1-2H3,(H,13,15)/t8-,9?/m0/s1. The minimum Gasteiger partial charge on any atom is -0.345 e. The average Bonchev–Trinajstić information content (AvgIpc) is 2.77. The predicted molar refractivity (Wildman–Crippen MR) is 58.5 cm³/mol. The topological polar surface area (TPSA) is 58.2 Å². The maximum atomic E-state index is 11.7. The van der Waals surface area contributed by atoms with Crippen LogP contribution in [0.25, 0.3) is 0 Å². The molecule has 0 saturated carbocycles. The van der Waals surface area contributed by atoms with E-state index >= 15 is 0 Å². The first-order chi connectivity index (χ1) is 7.19. The van der Waals surface area contributed by atoms with Gasteiger partial charge in [0.1, 0.15) is 0 Å². The van der Waals surface area contributed by atoms with Gasteiger partial charge in [0.15, 0.2) is 5.78 Å². The molecule has 0 radical (unpaired) electrons. The SMILES string of the molecule is CCC(=O)[C@H](CC)NC(=O)C1CCCN1. The van der Waals surface area contributed by atoms with E-state index in [1.807, 2.05) is 13.8 Å². The predicted octanol–water partition coefficient (Wildman–Crippen LogP) is 0.612. The van der Waals surface area contributed by atoms with Crippen molar-refractivity contribution < 1.29 is 9.59 Å². The van der Waals surface area contributed by atoms with Crippen molar-refractivity contribution >= 4 is 11.7 Å². The van der Waals surface area contributed by atoms with Crippen LogP contribution in [0.2, 0.25) is 0 Å². The molecule has 1 unspecified atom stereocenters. The van der Waals surface area contributed by atoms with E-state index in [2.05, 4.69) is 10.6 Å². The highest BCUT2D eigenvalue weighted by Crippen LogP contribution is 2.06. The smallest absolute Gasteiger partial charge is 0.237 e. The molecule has 1 saturated heterocycles. The summed E-state index contributed by atoms with van der Waals surface area (Å²) in [4.78, 5) is 23.2. The van der Waals surface area contributed by atoms with Crippen molar-refractivity contribution in [2.75, 3.05) is 6.54 Å². The van der Waals surface area contributed by atoms with Gasteiger partial charge in [-0.1, -0.05) is 13.8 Å². The van der Waals surface area contributed by atoms with E-state index in [0.717, 1.165) is 19.4 Å². The summed E-state index contributed by atoms with van der Waals surface area (Å²) in [5.74, 6) is 0.0880. The van der Waals surface area contributed by atoms with Crippen LogP contribution in [0.4, 0.5) is 0 Å². The first-order valence-electron chi connectivity index (χ1n) is 5.75. The van der Waals surface area contributed by atoms with Gasteiger partial charge in [0.2, 0.25) is 5.91 Å². The lowest BCUT2D eigenvalue weighted by Crippen LogP contribution is -2.47. The molecule has 0 aliphatic carbocycles. The van der Waals surface area contributed by atoms with E-state index in [0.29, 0.717) is 12.8 Å². The third-order valence-corrected chi connectivity index (χ3v) is 2.84. The van der Waals surface area contributed by atoms with Gasteiger partial charge in [-0.25, -0.2) is 0 Å². The number of amides is 1. The van der Waals surface area contributed by atoms with Crippen LogP contribution in [0.1, 0.15) is 39.5 Å². The third-order valence-electron chi connectivity index (χ3n) is 2.84. The maximum absolute atomic E-state index is 11.7. The molecule has 2 N–H and O–H groups in total. The zero-order chi connectivity index (χ0) is 11.3. The van der Waals surface area contributed by atoms with Crippen LogP contribution in [0.3, 0.4) is 0 Å². The molecule has 1 amide bonds. The van der Waals surface area contributed by atoms with Crippen molar-refractivity contribution in [1.29, 1.82) is 0 Å². The zero-order valence-electron chi connectivity index (χ0n) is 9.51. The number of Topliss-reactive ketones (excluding diaryl/α,β-unsaturated/α-hetero) is 1. The lowest BCUT2D eigenvalue weighted by atomic mass is 10.1. The van der Waals surface area contributed by atoms with Gasteiger partial charge >= 0.3 is 0 Å². The number of nitrogens with one attached hydrogen (secondary N) is 2. The van der Waals surface area contributed by atoms with Crippen LogP contribution in [0.5, 0.6) is 0 Å². The van der Waals surface area contributed by atoms with Crippen molar-refractivity contribution in [1.82, 2.24) is 10.6 Å². The second-order valence-electron chi connectivity index (χ2n) is 3.94. The molecule has 4 heteroatoms. The summed E-state index contributed by atoms with van der Waals surface area (Å²) in [6.07, 6.45) is 3.07. The number of hydrogen-bond acceptors (Lipinski definition) is 3. The molecule has 1 aliphatic heterocycles. The van der Waals surface area contributed by atoms with Crippen molar-refractivity contribution in [3.05, 3.63) is 0 Å². The van der Waals surface area contributed by atoms with Gasteiger partial charge < -0.3 is 10.6 Å². The quantitative estimate of drug-likeness (QED) is 0.702. The second kappa shape index (κ2) is 5.85. The third kappa shape index (κ3) is 3.30. The van der Waals surface area contributed by atoms with Gasteiger partial charge in [0.25, 0.3) is 0 Å². The van der Waals surface area contributed by atoms with Gasteiger partial charge in [-0.3, -0.25) is 9.59 Å². The largest absolute Gasteiger partial charge is 0.345 e. The van der Waals surface area contributed by atoms with Crippen LogP contribution >= 0.6 is 0 Å². The fourth-order valence-electron chi connectivity index (χ4n) is 1.84. The Balaban J connectivity index is 2.43. The summed E-state index contributed by atoms with van der Waals surface area (Å²) >= 11 is 0. The summed E-state index contributed by atoms with van der Waals surface area (Å²) in [5, 5.41) is 5.93. The summed E-state index contributed by atoms with van der Waals surface area (Å²) < 4.78 is 0. The average molecular weight is 212 g/mol. The van der Waals surface area contributed by atoms with Crippen LogP contribution < -0.4 is 10.6 Å². The molecule has 0 bridgehead atoms. The fourth-order valence-corrected chi connectivity index (χ4v) is 1.84. The summed E-state index contributed by atoms with van der Waals surface area (Å²) in [6.45, 7) is 4.64. The molecule has 0 spiro atoms. The molecular weight excluding hydrogens is 192 g/mol. The van der Waals surface area contributed by atoms with Crippen molar-refractivity contribution in [2.24, 2.45) is 0 Å². The molecule has 86 valence electrons. The zero-order valence-corrected chi connectivity index (χ0v) is 9.51. The molecular formula is C11H20N2O2. The number of carbonyl (C=O) groups excluding carboxylic acids is 2. The van der Waals surface area contributed by atoms with Gasteiger partial charge in [-0.2, -0.15) is 0 Å². The number of carbonyl (C=O) groups is 2. The molecule has 0 aromatic rings. The van der Waals surface area contributed by atoms with Crippen LogP contribution in [-0.4, -0.2) is 30.3 Å². The van der Waals surface area contributed by atoms with Crippen molar-refractivity contribution in [2.45, 2.75) is 51.6 Å². The number of hydrogen-bond donors (Lipinski definition) is 2. The minimum atomic E-state index is -0.301. The fraction of sp³-hybridized carbons (Fsp3) is 0.818. The normalized spacial score (nSPS) is 22.4. The lowest BCUT2D eigenvalue weighted by molar-refractivity contribution is -0.128. The number of rotatable bonds is 5. The molecule has 4 nitrogen and oxygen atoms in total. The van der Waals surface area contributed by atoms with E-state index in [1.54, 1.807) is 0 Å². The Morgan fingerprint density at radius 3 is 2.67 bits per heavy atom. The van der Waals surface area contributed by atoms with Gasteiger partial charge in [0.05, 0.1) is 12.1 Å². The highest BCUT2D eigenvalue weighted by atomic mass is 16.2. The monoisotopic (exact) mass is 212 g/mol. The van der Waals surface area contributed by atoms with Gasteiger partial charge in [-0.15, -0.1) is 0 Å². The van der Waals surface area contributed by atoms with Crippen molar-refractivity contribution in [3.8, 4) is 0 Å². The molecule has 0 aromatic heterocycles. The number of ketones is 1. The van der Waals surface area contributed by atoms with Crippen molar-refractivity contribution in [3.63, 3.8) is 0 Å². The van der Waals surface area contributed by atoms with Gasteiger partial charge in [0, 0.05) is 6.42 Å². The summed E-state index contributed by atoms with van der Waals surface area (Å²) in [6, 6.07) is -0.395. The van der Waals surface area contributed by atoms with E-state index < -0.39 is 0 Å². The highest BCUT2D eigenvalue weighted by Gasteiger charge is 2.25. The molecule has 1 rings (SSSR count). The van der Waals surface area contributed by atoms with E-state index in [-0.39, 0.29) is 23.8 Å². The Kier molecular flexibility index (Phi) is 4.75. The molecule has 2 atom stereocenters. The Morgan fingerprint density at radius 2 is 2.20 bits per heavy atom. The molecule has 1 fully saturated rings. The Bertz CT molecular complexity index is 235. The maximum Gasteiger partial charge on any atom is 0.237 e. The lowest BCUT2D eigenvalue weighted by Gasteiger charge is -2.18. The van der Waals surface area contributed by atoms with Gasteiger partial charge in [-0.05, 0) is 25.8 Å². The van der Waals surface area contributed by atoms with Crippen LogP contribution in [0.15, 0.2) is 0 Å². The highest BCUT2D eigenvalue weighted by molar-refractivity contribution is 5.90. The summed E-state index contributed by atoms with van der Waals surface area (Å²) in [7, 11) is 0. The molecule has 0 aromatic carbocycles. The van der Waals surface area contributed by atoms with E-state index in [9.17, 15) is 9.59 Å². The second-order valence-corrected chi connectivity index (χ2v) is 3.94. The molecule has 15 heavy (non-hydrogen) atoms. The Hall–Kier alpha value is -0.900. The molecule has 1 aliphatic rings. The Labute approximate surface area is 90.8 Å². The first kappa shape index (κ1) is 12.2.